The maximum absolute atomic E-state index is 12.0. The first kappa shape index (κ1) is 16.0. The summed E-state index contributed by atoms with van der Waals surface area (Å²) >= 11 is 11.8. The van der Waals surface area contributed by atoms with Gasteiger partial charge in [-0.25, -0.2) is 0 Å². The Morgan fingerprint density at radius 1 is 1.10 bits per heavy atom. The molecule has 2 aromatic carbocycles. The van der Waals surface area contributed by atoms with E-state index in [9.17, 15) is 9.00 Å². The zero-order chi connectivity index (χ0) is 15.2. The molecule has 0 aliphatic heterocycles. The van der Waals surface area contributed by atoms with Gasteiger partial charge in [-0.3, -0.25) is 9.00 Å². The summed E-state index contributed by atoms with van der Waals surface area (Å²) in [6.45, 7) is 0. The second kappa shape index (κ2) is 7.59. The van der Waals surface area contributed by atoms with Gasteiger partial charge in [0.05, 0.1) is 5.75 Å². The first-order chi connectivity index (χ1) is 10.0. The van der Waals surface area contributed by atoms with Crippen LogP contribution >= 0.6 is 23.2 Å². The summed E-state index contributed by atoms with van der Waals surface area (Å²) in [5, 5.41) is 3.68. The van der Waals surface area contributed by atoms with Crippen molar-refractivity contribution in [1.29, 1.82) is 0 Å². The fraction of sp³-hybridized carbons (Fsp3) is 0.133. The third-order valence-corrected chi connectivity index (χ3v) is 4.49. The maximum Gasteiger partial charge on any atom is 0.237 e. The zero-order valence-corrected chi connectivity index (χ0v) is 13.3. The van der Waals surface area contributed by atoms with E-state index in [4.69, 9.17) is 23.2 Å². The number of halogens is 2. The van der Waals surface area contributed by atoms with Crippen LogP contribution in [0.4, 0.5) is 5.69 Å². The second-order valence-electron chi connectivity index (χ2n) is 4.38. The fourth-order valence-corrected chi connectivity index (χ4v) is 3.35. The SMILES string of the molecule is O=C(CS(=O)Cc1ccc(Cl)cc1Cl)Nc1ccccc1. The van der Waals surface area contributed by atoms with Gasteiger partial charge in [0.1, 0.15) is 5.75 Å². The van der Waals surface area contributed by atoms with Crippen LogP contribution < -0.4 is 5.32 Å². The van der Waals surface area contributed by atoms with E-state index in [1.165, 1.54) is 0 Å². The molecule has 21 heavy (non-hydrogen) atoms. The highest BCUT2D eigenvalue weighted by molar-refractivity contribution is 7.85. The molecule has 0 saturated heterocycles. The number of carbonyl (C=O) groups excluding carboxylic acids is 1. The summed E-state index contributed by atoms with van der Waals surface area (Å²) in [7, 11) is -1.33. The number of hydrogen-bond acceptors (Lipinski definition) is 2. The molecule has 0 aliphatic carbocycles. The molecule has 0 radical (unpaired) electrons. The summed E-state index contributed by atoms with van der Waals surface area (Å²) in [6, 6.07) is 14.0. The van der Waals surface area contributed by atoms with Gasteiger partial charge in [0, 0.05) is 26.5 Å². The van der Waals surface area contributed by atoms with Gasteiger partial charge in [0.25, 0.3) is 0 Å². The lowest BCUT2D eigenvalue weighted by molar-refractivity contribution is -0.113. The van der Waals surface area contributed by atoms with Gasteiger partial charge in [0.2, 0.25) is 5.91 Å². The van der Waals surface area contributed by atoms with E-state index in [1.807, 2.05) is 18.2 Å². The average molecular weight is 342 g/mol. The first-order valence-electron chi connectivity index (χ1n) is 6.18. The number of amides is 1. The Kier molecular flexibility index (Phi) is 5.79. The molecule has 6 heteroatoms. The quantitative estimate of drug-likeness (QED) is 0.896. The van der Waals surface area contributed by atoms with E-state index < -0.39 is 10.8 Å². The predicted molar refractivity (Wildman–Crippen MR) is 88.2 cm³/mol. The molecule has 1 unspecified atom stereocenters. The van der Waals surface area contributed by atoms with E-state index in [2.05, 4.69) is 5.32 Å². The van der Waals surface area contributed by atoms with Crippen molar-refractivity contribution in [3.63, 3.8) is 0 Å². The standard InChI is InChI=1S/C15H13Cl2NO2S/c16-12-7-6-11(14(17)8-12)9-21(20)10-15(19)18-13-4-2-1-3-5-13/h1-8H,9-10H2,(H,18,19). The Morgan fingerprint density at radius 2 is 1.81 bits per heavy atom. The highest BCUT2D eigenvalue weighted by Crippen LogP contribution is 2.22. The maximum atomic E-state index is 12.0. The second-order valence-corrected chi connectivity index (χ2v) is 6.68. The van der Waals surface area contributed by atoms with Crippen molar-refractivity contribution in [2.24, 2.45) is 0 Å². The summed E-state index contributed by atoms with van der Waals surface area (Å²) in [6.07, 6.45) is 0. The minimum atomic E-state index is -1.33. The van der Waals surface area contributed by atoms with Crippen LogP contribution in [0.5, 0.6) is 0 Å². The molecule has 0 saturated carbocycles. The lowest BCUT2D eigenvalue weighted by atomic mass is 10.2. The molecule has 2 aromatic rings. The molecule has 0 bridgehead atoms. The van der Waals surface area contributed by atoms with Gasteiger partial charge >= 0.3 is 0 Å². The fourth-order valence-electron chi connectivity index (χ4n) is 1.73. The normalized spacial score (nSPS) is 11.9. The minimum absolute atomic E-state index is 0.0755. The van der Waals surface area contributed by atoms with Gasteiger partial charge in [-0.15, -0.1) is 0 Å². The van der Waals surface area contributed by atoms with E-state index in [1.54, 1.807) is 30.3 Å². The number of nitrogens with one attached hydrogen (secondary N) is 1. The molecule has 1 amide bonds. The molecule has 0 aliphatic rings. The summed E-state index contributed by atoms with van der Waals surface area (Å²) < 4.78 is 12.0. The van der Waals surface area contributed by atoms with Crippen molar-refractivity contribution >= 4 is 45.6 Å². The van der Waals surface area contributed by atoms with Crippen molar-refractivity contribution in [2.75, 3.05) is 11.1 Å². The summed E-state index contributed by atoms with van der Waals surface area (Å²) in [4.78, 5) is 11.8. The van der Waals surface area contributed by atoms with Crippen molar-refractivity contribution < 1.29 is 9.00 Å². The highest BCUT2D eigenvalue weighted by Gasteiger charge is 2.11. The van der Waals surface area contributed by atoms with Crippen LogP contribution in [0.1, 0.15) is 5.56 Å². The van der Waals surface area contributed by atoms with E-state index in [-0.39, 0.29) is 17.4 Å². The number of rotatable bonds is 5. The molecule has 1 N–H and O–H groups in total. The van der Waals surface area contributed by atoms with Crippen molar-refractivity contribution in [2.45, 2.75) is 5.75 Å². The van der Waals surface area contributed by atoms with Crippen LogP contribution in [-0.2, 0) is 21.3 Å². The minimum Gasteiger partial charge on any atom is -0.325 e. The first-order valence-corrected chi connectivity index (χ1v) is 8.43. The van der Waals surface area contributed by atoms with Gasteiger partial charge in [0.15, 0.2) is 0 Å². The summed E-state index contributed by atoms with van der Waals surface area (Å²) in [5.41, 5.74) is 1.40. The van der Waals surface area contributed by atoms with Crippen molar-refractivity contribution in [3.05, 3.63) is 64.1 Å². The highest BCUT2D eigenvalue weighted by atomic mass is 35.5. The lowest BCUT2D eigenvalue weighted by Crippen LogP contribution is -2.20. The molecule has 110 valence electrons. The van der Waals surface area contributed by atoms with Gasteiger partial charge in [-0.2, -0.15) is 0 Å². The van der Waals surface area contributed by atoms with Crippen molar-refractivity contribution in [3.8, 4) is 0 Å². The van der Waals surface area contributed by atoms with Gasteiger partial charge in [-0.1, -0.05) is 47.5 Å². The number of benzene rings is 2. The van der Waals surface area contributed by atoms with E-state index >= 15 is 0 Å². The molecule has 0 fully saturated rings. The largest absolute Gasteiger partial charge is 0.325 e. The Hall–Kier alpha value is -1.36. The van der Waals surface area contributed by atoms with Crippen LogP contribution in [0.15, 0.2) is 48.5 Å². The predicted octanol–water partition coefficient (Wildman–Crippen LogP) is 3.88. The average Bonchev–Trinajstić information content (AvgIpc) is 2.43. The van der Waals surface area contributed by atoms with Crippen LogP contribution in [-0.4, -0.2) is 15.9 Å². The Labute approximate surface area is 135 Å². The molecule has 1 atom stereocenters. The molecule has 3 nitrogen and oxygen atoms in total. The lowest BCUT2D eigenvalue weighted by Gasteiger charge is -2.06. The number of hydrogen-bond donors (Lipinski definition) is 1. The Balaban J connectivity index is 1.91. The van der Waals surface area contributed by atoms with Gasteiger partial charge < -0.3 is 5.32 Å². The Morgan fingerprint density at radius 3 is 2.48 bits per heavy atom. The topological polar surface area (TPSA) is 46.2 Å². The number of carbonyl (C=O) groups is 1. The van der Waals surface area contributed by atoms with E-state index in [0.717, 1.165) is 0 Å². The van der Waals surface area contributed by atoms with Gasteiger partial charge in [-0.05, 0) is 29.8 Å². The molecular weight excluding hydrogens is 329 g/mol. The van der Waals surface area contributed by atoms with Crippen LogP contribution in [0.25, 0.3) is 0 Å². The van der Waals surface area contributed by atoms with Crippen LogP contribution in [0.2, 0.25) is 10.0 Å². The molecule has 0 spiro atoms. The zero-order valence-electron chi connectivity index (χ0n) is 11.0. The molecule has 2 rings (SSSR count). The van der Waals surface area contributed by atoms with E-state index in [0.29, 0.717) is 21.3 Å². The van der Waals surface area contributed by atoms with Crippen molar-refractivity contribution in [1.82, 2.24) is 0 Å². The monoisotopic (exact) mass is 341 g/mol. The van der Waals surface area contributed by atoms with Crippen LogP contribution in [0.3, 0.4) is 0 Å². The molecule has 0 aromatic heterocycles. The third kappa shape index (κ3) is 5.16. The Bertz CT molecular complexity index is 662. The number of para-hydroxylation sites is 1. The number of anilines is 1. The third-order valence-electron chi connectivity index (χ3n) is 2.68. The smallest absolute Gasteiger partial charge is 0.237 e. The summed E-state index contributed by atoms with van der Waals surface area (Å²) in [5.74, 6) is -0.142. The van der Waals surface area contributed by atoms with Crippen LogP contribution in [0, 0.1) is 0 Å². The molecular formula is C15H13Cl2NO2S. The molecule has 0 heterocycles.